The van der Waals surface area contributed by atoms with Crippen LogP contribution in [0.1, 0.15) is 72.4 Å². The van der Waals surface area contributed by atoms with Gasteiger partial charge in [0, 0.05) is 5.69 Å². The summed E-state index contributed by atoms with van der Waals surface area (Å²) in [7, 11) is 1.00. The van der Waals surface area contributed by atoms with Gasteiger partial charge in [0.25, 0.3) is 5.91 Å². The molecule has 0 unspecified atom stereocenters. The second-order valence-electron chi connectivity index (χ2n) is 9.04. The predicted molar refractivity (Wildman–Crippen MR) is 114 cm³/mol. The third-order valence-corrected chi connectivity index (χ3v) is 6.32. The molecule has 31 heavy (non-hydrogen) atoms. The van der Waals surface area contributed by atoms with Crippen molar-refractivity contribution < 1.29 is 28.2 Å². The number of nitrogens with one attached hydrogen (secondary N) is 1. The molecule has 8 heteroatoms. The normalized spacial score (nSPS) is 16.4. The monoisotopic (exact) mass is 451 g/mol. The van der Waals surface area contributed by atoms with Crippen LogP contribution in [0.4, 0.5) is 14.5 Å². The Morgan fingerprint density at radius 3 is 2.16 bits per heavy atom. The Balaban J connectivity index is 2.04. The summed E-state index contributed by atoms with van der Waals surface area (Å²) in [5.41, 5.74) is -0.117. The number of phenolic OH excluding ortho intramolecular Hbond substituents is 1. The van der Waals surface area contributed by atoms with Gasteiger partial charge in [0.05, 0.1) is 17.7 Å². The first-order valence-corrected chi connectivity index (χ1v) is 10.1. The van der Waals surface area contributed by atoms with E-state index in [4.69, 9.17) is 11.6 Å². The molecule has 2 aromatic rings. The highest BCUT2D eigenvalue weighted by Crippen LogP contribution is 2.51. The molecule has 1 aliphatic rings. The molecule has 0 saturated heterocycles. The van der Waals surface area contributed by atoms with Crippen LogP contribution < -0.4 is 5.32 Å². The number of ether oxygens (including phenoxy) is 1. The molecule has 166 valence electrons. The average Bonchev–Trinajstić information content (AvgIpc) is 2.66. The van der Waals surface area contributed by atoms with E-state index in [9.17, 15) is 23.5 Å². The maximum atomic E-state index is 14.2. The Labute approximate surface area is 184 Å². The van der Waals surface area contributed by atoms with Gasteiger partial charge in [-0.1, -0.05) is 39.3 Å². The number of anilines is 1. The van der Waals surface area contributed by atoms with Crippen LogP contribution in [-0.4, -0.2) is 24.1 Å². The van der Waals surface area contributed by atoms with E-state index in [0.717, 1.165) is 43.2 Å². The summed E-state index contributed by atoms with van der Waals surface area (Å²) in [6, 6.07) is 3.19. The van der Waals surface area contributed by atoms with Crippen molar-refractivity contribution in [2.45, 2.75) is 51.4 Å². The second-order valence-corrected chi connectivity index (χ2v) is 9.42. The molecule has 3 rings (SSSR count). The molecule has 0 spiro atoms. The van der Waals surface area contributed by atoms with Crippen LogP contribution in [0.5, 0.6) is 5.75 Å². The van der Waals surface area contributed by atoms with Crippen molar-refractivity contribution in [3.05, 3.63) is 57.1 Å². The number of methoxy groups -OCH3 is 1. The van der Waals surface area contributed by atoms with Gasteiger partial charge in [-0.05, 0) is 53.0 Å². The summed E-state index contributed by atoms with van der Waals surface area (Å²) < 4.78 is 32.7. The predicted octanol–water partition coefficient (Wildman–Crippen LogP) is 5.71. The number of fused-ring (bicyclic) bond motifs is 1. The van der Waals surface area contributed by atoms with E-state index in [1.54, 1.807) is 6.07 Å². The summed E-state index contributed by atoms with van der Waals surface area (Å²) in [5.74, 6) is -4.71. The summed E-state index contributed by atoms with van der Waals surface area (Å²) in [6.45, 7) is 8.12. The third kappa shape index (κ3) is 3.99. The first-order valence-electron chi connectivity index (χ1n) is 9.75. The fourth-order valence-corrected chi connectivity index (χ4v) is 4.49. The number of amides is 1. The molecule has 0 radical (unpaired) electrons. The minimum absolute atomic E-state index is 0.0961. The first-order chi connectivity index (χ1) is 14.3. The quantitative estimate of drug-likeness (QED) is 0.586. The van der Waals surface area contributed by atoms with Gasteiger partial charge in [-0.3, -0.25) is 4.79 Å². The van der Waals surface area contributed by atoms with Crippen LogP contribution in [-0.2, 0) is 15.6 Å². The van der Waals surface area contributed by atoms with Crippen molar-refractivity contribution in [2.75, 3.05) is 12.4 Å². The van der Waals surface area contributed by atoms with Gasteiger partial charge in [0.1, 0.15) is 22.9 Å². The van der Waals surface area contributed by atoms with Crippen LogP contribution in [0, 0.1) is 11.6 Å². The maximum Gasteiger partial charge on any atom is 0.343 e. The highest BCUT2D eigenvalue weighted by atomic mass is 35.5. The van der Waals surface area contributed by atoms with E-state index in [-0.39, 0.29) is 27.1 Å². The maximum absolute atomic E-state index is 14.2. The summed E-state index contributed by atoms with van der Waals surface area (Å²) >= 11 is 6.50. The van der Waals surface area contributed by atoms with Crippen LogP contribution >= 0.6 is 11.6 Å². The molecule has 0 fully saturated rings. The van der Waals surface area contributed by atoms with Gasteiger partial charge in [0.2, 0.25) is 0 Å². The lowest BCUT2D eigenvalue weighted by Gasteiger charge is -2.42. The minimum atomic E-state index is -1.18. The highest BCUT2D eigenvalue weighted by molar-refractivity contribution is 6.34. The zero-order valence-electron chi connectivity index (χ0n) is 18.0. The van der Waals surface area contributed by atoms with E-state index in [1.165, 1.54) is 0 Å². The van der Waals surface area contributed by atoms with E-state index < -0.39 is 34.8 Å². The standard InChI is InChI=1S/C23H24ClF2NO4/c1-22(2)6-7-23(3,4)17-13(22)10-12(19(28)18(17)24)20(29)27-11-8-14(25)16(15(26)9-11)21(30)31-5/h8-10,28H,6-7H2,1-5H3,(H,27,29). The molecule has 1 aliphatic carbocycles. The minimum Gasteiger partial charge on any atom is -0.506 e. The van der Waals surface area contributed by atoms with E-state index >= 15 is 0 Å². The van der Waals surface area contributed by atoms with Gasteiger partial charge < -0.3 is 15.2 Å². The van der Waals surface area contributed by atoms with E-state index in [2.05, 4.69) is 10.1 Å². The molecular weight excluding hydrogens is 428 g/mol. The fourth-order valence-electron chi connectivity index (χ4n) is 4.03. The Bertz CT molecular complexity index is 1070. The van der Waals surface area contributed by atoms with Crippen molar-refractivity contribution in [3.8, 4) is 5.75 Å². The number of rotatable bonds is 3. The molecule has 2 N–H and O–H groups in total. The van der Waals surface area contributed by atoms with Gasteiger partial charge >= 0.3 is 5.97 Å². The number of hydrogen-bond donors (Lipinski definition) is 2. The van der Waals surface area contributed by atoms with Gasteiger partial charge in [-0.2, -0.15) is 0 Å². The molecule has 0 saturated carbocycles. The number of aromatic hydroxyl groups is 1. The Kier molecular flexibility index (Phi) is 5.78. The van der Waals surface area contributed by atoms with Crippen LogP contribution in [0.15, 0.2) is 18.2 Å². The average molecular weight is 452 g/mol. The fraction of sp³-hybridized carbons (Fsp3) is 0.391. The number of hydrogen-bond acceptors (Lipinski definition) is 4. The third-order valence-electron chi connectivity index (χ3n) is 5.96. The van der Waals surface area contributed by atoms with Gasteiger partial charge in [0.15, 0.2) is 0 Å². The molecular formula is C23H24ClF2NO4. The number of benzene rings is 2. The summed E-state index contributed by atoms with van der Waals surface area (Å²) in [5, 5.41) is 13.1. The summed E-state index contributed by atoms with van der Waals surface area (Å²) in [6.07, 6.45) is 1.73. The van der Waals surface area contributed by atoms with Crippen molar-refractivity contribution >= 4 is 29.2 Å². The molecule has 2 aromatic carbocycles. The Hall–Kier alpha value is -2.67. The topological polar surface area (TPSA) is 75.6 Å². The zero-order valence-corrected chi connectivity index (χ0v) is 18.7. The zero-order chi connectivity index (χ0) is 23.3. The van der Waals surface area contributed by atoms with Crippen LogP contribution in [0.3, 0.4) is 0 Å². The second kappa shape index (κ2) is 7.79. The SMILES string of the molecule is COC(=O)c1c(F)cc(NC(=O)c2cc3c(c(Cl)c2O)C(C)(C)CCC3(C)C)cc1F. The molecule has 0 atom stereocenters. The van der Waals surface area contributed by atoms with E-state index in [1.807, 2.05) is 27.7 Å². The smallest absolute Gasteiger partial charge is 0.343 e. The number of halogens is 3. The molecule has 0 aromatic heterocycles. The lowest BCUT2D eigenvalue weighted by atomic mass is 9.63. The van der Waals surface area contributed by atoms with Gasteiger partial charge in [-0.15, -0.1) is 0 Å². The van der Waals surface area contributed by atoms with Crippen molar-refractivity contribution in [1.82, 2.24) is 0 Å². The van der Waals surface area contributed by atoms with Crippen molar-refractivity contribution in [2.24, 2.45) is 0 Å². The molecule has 5 nitrogen and oxygen atoms in total. The van der Waals surface area contributed by atoms with E-state index in [0.29, 0.717) is 0 Å². The van der Waals surface area contributed by atoms with Crippen molar-refractivity contribution in [3.63, 3.8) is 0 Å². The number of carbonyl (C=O) groups is 2. The van der Waals surface area contributed by atoms with Crippen molar-refractivity contribution in [1.29, 1.82) is 0 Å². The lowest BCUT2D eigenvalue weighted by molar-refractivity contribution is 0.0590. The molecule has 0 heterocycles. The summed E-state index contributed by atoms with van der Waals surface area (Å²) in [4.78, 5) is 24.4. The van der Waals surface area contributed by atoms with Crippen LogP contribution in [0.25, 0.3) is 0 Å². The van der Waals surface area contributed by atoms with Crippen LogP contribution in [0.2, 0.25) is 5.02 Å². The Morgan fingerprint density at radius 1 is 1.06 bits per heavy atom. The molecule has 0 aliphatic heterocycles. The number of esters is 1. The first kappa shape index (κ1) is 23.0. The molecule has 1 amide bonds. The highest BCUT2D eigenvalue weighted by Gasteiger charge is 2.40. The Morgan fingerprint density at radius 2 is 1.61 bits per heavy atom. The van der Waals surface area contributed by atoms with Gasteiger partial charge in [-0.25, -0.2) is 13.6 Å². The number of carbonyl (C=O) groups excluding carboxylic acids is 2. The number of phenols is 1. The lowest BCUT2D eigenvalue weighted by Crippen LogP contribution is -2.34. The molecule has 0 bridgehead atoms. The largest absolute Gasteiger partial charge is 0.506 e.